The molecular formula is C11H15N3OS. The third kappa shape index (κ3) is 2.68. The summed E-state index contributed by atoms with van der Waals surface area (Å²) in [7, 11) is 0. The first-order valence-corrected chi connectivity index (χ1v) is 6.40. The highest BCUT2D eigenvalue weighted by Crippen LogP contribution is 2.17. The zero-order valence-corrected chi connectivity index (χ0v) is 9.72. The van der Waals surface area contributed by atoms with Crippen molar-refractivity contribution in [3.8, 4) is 0 Å². The summed E-state index contributed by atoms with van der Waals surface area (Å²) >= 11 is 1.88. The third-order valence-electron chi connectivity index (χ3n) is 2.58. The van der Waals surface area contributed by atoms with Crippen LogP contribution in [0.4, 0.5) is 5.69 Å². The van der Waals surface area contributed by atoms with Crippen LogP contribution in [-0.2, 0) is 0 Å². The zero-order valence-electron chi connectivity index (χ0n) is 8.90. The monoisotopic (exact) mass is 237 g/mol. The Balaban J connectivity index is 1.97. The largest absolute Gasteiger partial charge is 0.348 e. The number of benzene rings is 1. The number of nitrogen functional groups attached to an aromatic ring is 1. The van der Waals surface area contributed by atoms with E-state index in [1.807, 2.05) is 11.8 Å². The summed E-state index contributed by atoms with van der Waals surface area (Å²) in [5, 5.41) is 3.02. The van der Waals surface area contributed by atoms with Gasteiger partial charge in [-0.3, -0.25) is 10.6 Å². The van der Waals surface area contributed by atoms with Crippen molar-refractivity contribution in [1.29, 1.82) is 0 Å². The maximum atomic E-state index is 11.8. The lowest BCUT2D eigenvalue weighted by atomic mass is 10.1. The van der Waals surface area contributed by atoms with E-state index in [1.54, 1.807) is 24.3 Å². The van der Waals surface area contributed by atoms with Crippen molar-refractivity contribution < 1.29 is 4.79 Å². The van der Waals surface area contributed by atoms with Gasteiger partial charge in [0.05, 0.1) is 0 Å². The lowest BCUT2D eigenvalue weighted by molar-refractivity contribution is 0.0941. The summed E-state index contributed by atoms with van der Waals surface area (Å²) in [6, 6.07) is 7.44. The highest BCUT2D eigenvalue weighted by atomic mass is 32.2. The Labute approximate surface area is 98.9 Å². The van der Waals surface area contributed by atoms with Gasteiger partial charge in [0.1, 0.15) is 0 Å². The van der Waals surface area contributed by atoms with Gasteiger partial charge in [-0.25, -0.2) is 0 Å². The number of hydrogen-bond donors (Lipinski definition) is 3. The third-order valence-corrected chi connectivity index (χ3v) is 3.74. The summed E-state index contributed by atoms with van der Waals surface area (Å²) in [6.07, 6.45) is 1.07. The molecular weight excluding hydrogens is 222 g/mol. The fraction of sp³-hybridized carbons (Fsp3) is 0.364. The summed E-state index contributed by atoms with van der Waals surface area (Å²) < 4.78 is 0. The van der Waals surface area contributed by atoms with Crippen molar-refractivity contribution in [3.63, 3.8) is 0 Å². The standard InChI is InChI=1S/C11H15N3OS/c12-14-9-3-1-8(2-4-9)11(15)13-10-5-6-16-7-10/h1-4,10,14H,5-7,12H2,(H,13,15). The number of hydrazine groups is 1. The highest BCUT2D eigenvalue weighted by Gasteiger charge is 2.18. The number of anilines is 1. The minimum Gasteiger partial charge on any atom is -0.348 e. The fourth-order valence-corrected chi connectivity index (χ4v) is 2.79. The molecule has 0 saturated carbocycles. The minimum absolute atomic E-state index is 0.00364. The van der Waals surface area contributed by atoms with Crippen LogP contribution in [0.2, 0.25) is 0 Å². The molecule has 0 radical (unpaired) electrons. The van der Waals surface area contributed by atoms with E-state index in [0.29, 0.717) is 11.6 Å². The molecule has 1 aliphatic heterocycles. The Bertz CT molecular complexity index is 360. The molecule has 4 N–H and O–H groups in total. The minimum atomic E-state index is -0.00364. The molecule has 16 heavy (non-hydrogen) atoms. The molecule has 1 amide bonds. The Kier molecular flexibility index (Phi) is 3.69. The Morgan fingerprint density at radius 2 is 2.12 bits per heavy atom. The molecule has 0 spiro atoms. The number of hydrogen-bond acceptors (Lipinski definition) is 4. The van der Waals surface area contributed by atoms with Gasteiger partial charge in [-0.1, -0.05) is 0 Å². The van der Waals surface area contributed by atoms with Gasteiger partial charge >= 0.3 is 0 Å². The van der Waals surface area contributed by atoms with Crippen LogP contribution >= 0.6 is 11.8 Å². The molecule has 0 aliphatic carbocycles. The first kappa shape index (κ1) is 11.3. The van der Waals surface area contributed by atoms with Gasteiger partial charge in [-0.2, -0.15) is 11.8 Å². The number of thioether (sulfide) groups is 1. The lowest BCUT2D eigenvalue weighted by Gasteiger charge is -2.11. The molecule has 2 rings (SSSR count). The SMILES string of the molecule is NNc1ccc(C(=O)NC2CCSC2)cc1. The van der Waals surface area contributed by atoms with Crippen LogP contribution < -0.4 is 16.6 Å². The Hall–Kier alpha value is -1.20. The first-order valence-electron chi connectivity index (χ1n) is 5.25. The molecule has 86 valence electrons. The first-order chi connectivity index (χ1) is 7.79. The van der Waals surface area contributed by atoms with Crippen LogP contribution in [0.5, 0.6) is 0 Å². The number of rotatable bonds is 3. The van der Waals surface area contributed by atoms with Crippen molar-refractivity contribution in [1.82, 2.24) is 5.32 Å². The Morgan fingerprint density at radius 1 is 1.38 bits per heavy atom. The number of nitrogens with two attached hydrogens (primary N) is 1. The highest BCUT2D eigenvalue weighted by molar-refractivity contribution is 7.99. The summed E-state index contributed by atoms with van der Waals surface area (Å²) in [5.41, 5.74) is 4.01. The van der Waals surface area contributed by atoms with Gasteiger partial charge in [-0.15, -0.1) is 0 Å². The van der Waals surface area contributed by atoms with Gasteiger partial charge in [0, 0.05) is 23.0 Å². The van der Waals surface area contributed by atoms with Crippen molar-refractivity contribution in [3.05, 3.63) is 29.8 Å². The Morgan fingerprint density at radius 3 is 2.69 bits per heavy atom. The second-order valence-electron chi connectivity index (χ2n) is 3.76. The van der Waals surface area contributed by atoms with Crippen LogP contribution in [0.3, 0.4) is 0 Å². The van der Waals surface area contributed by atoms with Crippen LogP contribution in [0.1, 0.15) is 16.8 Å². The van der Waals surface area contributed by atoms with Crippen LogP contribution in [0, 0.1) is 0 Å². The molecule has 1 saturated heterocycles. The smallest absolute Gasteiger partial charge is 0.251 e. The molecule has 1 fully saturated rings. The van der Waals surface area contributed by atoms with Crippen molar-refractivity contribution in [2.24, 2.45) is 5.84 Å². The molecule has 1 atom stereocenters. The van der Waals surface area contributed by atoms with Crippen LogP contribution in [-0.4, -0.2) is 23.5 Å². The zero-order chi connectivity index (χ0) is 11.4. The number of nitrogens with one attached hydrogen (secondary N) is 2. The van der Waals surface area contributed by atoms with E-state index < -0.39 is 0 Å². The van der Waals surface area contributed by atoms with Crippen molar-refractivity contribution in [2.45, 2.75) is 12.5 Å². The van der Waals surface area contributed by atoms with Crippen LogP contribution in [0.25, 0.3) is 0 Å². The lowest BCUT2D eigenvalue weighted by Crippen LogP contribution is -2.34. The van der Waals surface area contributed by atoms with Crippen molar-refractivity contribution in [2.75, 3.05) is 16.9 Å². The van der Waals surface area contributed by atoms with Gasteiger partial charge in [0.15, 0.2) is 0 Å². The van der Waals surface area contributed by atoms with E-state index in [0.717, 1.165) is 23.6 Å². The van der Waals surface area contributed by atoms with E-state index in [4.69, 9.17) is 5.84 Å². The van der Waals surface area contributed by atoms with E-state index >= 15 is 0 Å². The molecule has 1 unspecified atom stereocenters. The molecule has 0 aromatic heterocycles. The second-order valence-corrected chi connectivity index (χ2v) is 4.91. The molecule has 1 aromatic carbocycles. The van der Waals surface area contributed by atoms with E-state index in [2.05, 4.69) is 10.7 Å². The molecule has 4 nitrogen and oxygen atoms in total. The molecule has 1 aromatic rings. The predicted molar refractivity (Wildman–Crippen MR) is 67.4 cm³/mol. The summed E-state index contributed by atoms with van der Waals surface area (Å²) in [4.78, 5) is 11.8. The van der Waals surface area contributed by atoms with E-state index in [1.165, 1.54) is 0 Å². The van der Waals surface area contributed by atoms with Crippen LogP contribution in [0.15, 0.2) is 24.3 Å². The second kappa shape index (κ2) is 5.23. The van der Waals surface area contributed by atoms with Gasteiger partial charge < -0.3 is 10.7 Å². The number of carbonyl (C=O) groups is 1. The maximum absolute atomic E-state index is 11.8. The number of carbonyl (C=O) groups excluding carboxylic acids is 1. The van der Waals surface area contributed by atoms with Gasteiger partial charge in [0.25, 0.3) is 5.91 Å². The molecule has 0 bridgehead atoms. The predicted octanol–water partition coefficient (Wildman–Crippen LogP) is 1.21. The van der Waals surface area contributed by atoms with Gasteiger partial charge in [-0.05, 0) is 36.4 Å². The normalized spacial score (nSPS) is 19.4. The summed E-state index contributed by atoms with van der Waals surface area (Å²) in [5.74, 6) is 7.41. The average Bonchev–Trinajstić information content (AvgIpc) is 2.82. The quantitative estimate of drug-likeness (QED) is 0.546. The van der Waals surface area contributed by atoms with Crippen molar-refractivity contribution >= 4 is 23.4 Å². The van der Waals surface area contributed by atoms with E-state index in [-0.39, 0.29) is 5.91 Å². The fourth-order valence-electron chi connectivity index (χ4n) is 1.63. The maximum Gasteiger partial charge on any atom is 0.251 e. The average molecular weight is 237 g/mol. The summed E-state index contributed by atoms with van der Waals surface area (Å²) in [6.45, 7) is 0. The van der Waals surface area contributed by atoms with E-state index in [9.17, 15) is 4.79 Å². The number of amides is 1. The topological polar surface area (TPSA) is 67.1 Å². The van der Waals surface area contributed by atoms with Gasteiger partial charge in [0.2, 0.25) is 0 Å². The molecule has 1 aliphatic rings. The molecule has 5 heteroatoms. The molecule has 1 heterocycles.